The van der Waals surface area contributed by atoms with Gasteiger partial charge in [-0.25, -0.2) is 4.98 Å². The molecule has 3 heterocycles. The van der Waals surface area contributed by atoms with E-state index >= 15 is 0 Å². The van der Waals surface area contributed by atoms with Gasteiger partial charge in [0.2, 0.25) is 5.91 Å². The van der Waals surface area contributed by atoms with E-state index in [2.05, 4.69) is 15.3 Å². The summed E-state index contributed by atoms with van der Waals surface area (Å²) in [7, 11) is 0. The van der Waals surface area contributed by atoms with Crippen molar-refractivity contribution in [2.45, 2.75) is 39.4 Å². The highest BCUT2D eigenvalue weighted by Gasteiger charge is 2.31. The number of hydrogen-bond donors (Lipinski definition) is 2. The molecule has 1 fully saturated rings. The zero-order valence-corrected chi connectivity index (χ0v) is 16.3. The number of carbonyl (C=O) groups is 1. The monoisotopic (exact) mass is 408 g/mol. The predicted octanol–water partition coefficient (Wildman–Crippen LogP) is 2.94. The molecule has 0 aromatic carbocycles. The Hall–Kier alpha value is -2.84. The third-order valence-corrected chi connectivity index (χ3v) is 5.20. The summed E-state index contributed by atoms with van der Waals surface area (Å²) in [6.45, 7) is 4.86. The predicted molar refractivity (Wildman–Crippen MR) is 103 cm³/mol. The molecule has 9 heteroatoms. The van der Waals surface area contributed by atoms with Crippen LogP contribution in [0.2, 0.25) is 0 Å². The van der Waals surface area contributed by atoms with Crippen molar-refractivity contribution in [1.82, 2.24) is 15.3 Å². The Labute approximate surface area is 166 Å². The summed E-state index contributed by atoms with van der Waals surface area (Å²) in [4.78, 5) is 33.0. The van der Waals surface area contributed by atoms with Gasteiger partial charge in [0.1, 0.15) is 5.82 Å². The highest BCUT2D eigenvalue weighted by molar-refractivity contribution is 5.79. The average molecular weight is 408 g/mol. The van der Waals surface area contributed by atoms with Crippen molar-refractivity contribution in [2.75, 3.05) is 18.0 Å². The molecule has 6 nitrogen and oxygen atoms in total. The van der Waals surface area contributed by atoms with Gasteiger partial charge in [0.05, 0.1) is 5.56 Å². The summed E-state index contributed by atoms with van der Waals surface area (Å²) in [6.07, 6.45) is -2.45. The second kappa shape index (κ2) is 8.26. The number of carbonyl (C=O) groups excluding carboxylic acids is 1. The zero-order valence-electron chi connectivity index (χ0n) is 16.3. The van der Waals surface area contributed by atoms with Crippen molar-refractivity contribution in [3.05, 3.63) is 57.1 Å². The maximum absolute atomic E-state index is 12.6. The Balaban J connectivity index is 1.54. The van der Waals surface area contributed by atoms with Gasteiger partial charge >= 0.3 is 6.18 Å². The summed E-state index contributed by atoms with van der Waals surface area (Å²) in [5, 5.41) is 2.83. The topological polar surface area (TPSA) is 78.1 Å². The number of aromatic amines is 1. The number of hydrogen-bond acceptors (Lipinski definition) is 4. The van der Waals surface area contributed by atoms with Crippen LogP contribution in [0.15, 0.2) is 29.2 Å². The number of nitrogens with one attached hydrogen (secondary N) is 2. The van der Waals surface area contributed by atoms with Crippen LogP contribution in [0, 0.1) is 19.8 Å². The number of nitrogens with zero attached hydrogens (tertiary/aromatic N) is 2. The van der Waals surface area contributed by atoms with Gasteiger partial charge in [0.15, 0.2) is 0 Å². The van der Waals surface area contributed by atoms with Gasteiger partial charge in [0, 0.05) is 43.0 Å². The van der Waals surface area contributed by atoms with Gasteiger partial charge in [-0.15, -0.1) is 0 Å². The minimum Gasteiger partial charge on any atom is -0.357 e. The highest BCUT2D eigenvalue weighted by atomic mass is 19.4. The maximum Gasteiger partial charge on any atom is 0.417 e. The molecular formula is C20H23F3N4O2. The summed E-state index contributed by atoms with van der Waals surface area (Å²) in [5.41, 5.74) is 1.15. The lowest BCUT2D eigenvalue weighted by atomic mass is 9.95. The number of rotatable bonds is 4. The van der Waals surface area contributed by atoms with Crippen LogP contribution in [0.5, 0.6) is 0 Å². The quantitative estimate of drug-likeness (QED) is 0.816. The van der Waals surface area contributed by atoms with E-state index in [0.29, 0.717) is 37.3 Å². The van der Waals surface area contributed by atoms with E-state index in [0.717, 1.165) is 23.5 Å². The SMILES string of the molecule is Cc1cc(C)c(CNC(=O)C2CCN(c3ccc(C(F)(F)F)cn3)CC2)c(=O)[nH]1. The van der Waals surface area contributed by atoms with Gasteiger partial charge in [-0.05, 0) is 50.5 Å². The van der Waals surface area contributed by atoms with E-state index in [1.54, 1.807) is 6.92 Å². The number of aromatic nitrogens is 2. The van der Waals surface area contributed by atoms with Crippen molar-refractivity contribution >= 4 is 11.7 Å². The minimum atomic E-state index is -4.41. The van der Waals surface area contributed by atoms with Crippen molar-refractivity contribution in [3.63, 3.8) is 0 Å². The van der Waals surface area contributed by atoms with E-state index in [9.17, 15) is 22.8 Å². The lowest BCUT2D eigenvalue weighted by Gasteiger charge is -2.32. The van der Waals surface area contributed by atoms with Gasteiger partial charge in [-0.2, -0.15) is 13.2 Å². The van der Waals surface area contributed by atoms with Gasteiger partial charge in [-0.1, -0.05) is 0 Å². The van der Waals surface area contributed by atoms with Gasteiger partial charge in [-0.3, -0.25) is 9.59 Å². The van der Waals surface area contributed by atoms with E-state index < -0.39 is 11.7 Å². The standard InChI is InChI=1S/C20H23F3N4O2/c1-12-9-13(2)26-19(29)16(12)11-25-18(28)14-5-7-27(8-6-14)17-4-3-15(10-24-17)20(21,22)23/h3-4,9-10,14H,5-8,11H2,1-2H3,(H,25,28)(H,26,29). The summed E-state index contributed by atoms with van der Waals surface area (Å²) < 4.78 is 37.9. The number of amides is 1. The molecule has 1 aliphatic rings. The van der Waals surface area contributed by atoms with E-state index in [-0.39, 0.29) is 23.9 Å². The second-order valence-corrected chi connectivity index (χ2v) is 7.32. The number of halogens is 3. The lowest BCUT2D eigenvalue weighted by Crippen LogP contribution is -2.41. The number of pyridine rings is 2. The van der Waals surface area contributed by atoms with Crippen LogP contribution in [0.3, 0.4) is 0 Å². The first-order chi connectivity index (χ1) is 13.6. The Morgan fingerprint density at radius 2 is 1.97 bits per heavy atom. The largest absolute Gasteiger partial charge is 0.417 e. The third kappa shape index (κ3) is 4.96. The van der Waals surface area contributed by atoms with Crippen LogP contribution in [-0.4, -0.2) is 29.0 Å². The second-order valence-electron chi connectivity index (χ2n) is 7.32. The van der Waals surface area contributed by atoms with Crippen molar-refractivity contribution in [2.24, 2.45) is 5.92 Å². The molecule has 0 aliphatic carbocycles. The Bertz CT molecular complexity index is 930. The summed E-state index contributed by atoms with van der Waals surface area (Å²) in [5.74, 6) is 0.147. The first-order valence-corrected chi connectivity index (χ1v) is 9.40. The molecule has 2 N–H and O–H groups in total. The van der Waals surface area contributed by atoms with Crippen molar-refractivity contribution < 1.29 is 18.0 Å². The van der Waals surface area contributed by atoms with E-state index in [1.807, 2.05) is 17.9 Å². The third-order valence-electron chi connectivity index (χ3n) is 5.20. The zero-order chi connectivity index (χ0) is 21.2. The van der Waals surface area contributed by atoms with Crippen LogP contribution >= 0.6 is 0 Å². The smallest absolute Gasteiger partial charge is 0.357 e. The van der Waals surface area contributed by atoms with Crippen LogP contribution in [0.4, 0.5) is 19.0 Å². The van der Waals surface area contributed by atoms with Crippen LogP contribution in [0.25, 0.3) is 0 Å². The molecule has 2 aromatic rings. The molecule has 1 saturated heterocycles. The fourth-order valence-electron chi connectivity index (χ4n) is 3.53. The highest BCUT2D eigenvalue weighted by Crippen LogP contribution is 2.30. The van der Waals surface area contributed by atoms with Crippen molar-refractivity contribution in [1.29, 1.82) is 0 Å². The first kappa shape index (κ1) is 20.9. The minimum absolute atomic E-state index is 0.121. The summed E-state index contributed by atoms with van der Waals surface area (Å²) >= 11 is 0. The normalized spacial score (nSPS) is 15.4. The number of anilines is 1. The van der Waals surface area contributed by atoms with Gasteiger partial charge < -0.3 is 15.2 Å². The molecule has 2 aromatic heterocycles. The maximum atomic E-state index is 12.6. The number of alkyl halides is 3. The molecule has 0 radical (unpaired) electrons. The lowest BCUT2D eigenvalue weighted by molar-refractivity contribution is -0.137. The molecule has 0 unspecified atom stereocenters. The summed E-state index contributed by atoms with van der Waals surface area (Å²) in [6, 6.07) is 4.23. The molecule has 156 valence electrons. The van der Waals surface area contributed by atoms with E-state index in [1.165, 1.54) is 6.07 Å². The van der Waals surface area contributed by atoms with Crippen molar-refractivity contribution in [3.8, 4) is 0 Å². The Kier molecular flexibility index (Phi) is 5.95. The van der Waals surface area contributed by atoms with Crippen LogP contribution in [0.1, 0.15) is 35.2 Å². The molecular weight excluding hydrogens is 385 g/mol. The number of H-pyrrole nitrogens is 1. The number of piperidine rings is 1. The Morgan fingerprint density at radius 1 is 1.28 bits per heavy atom. The Morgan fingerprint density at radius 3 is 2.52 bits per heavy atom. The molecule has 3 rings (SSSR count). The molecule has 0 atom stereocenters. The molecule has 0 saturated carbocycles. The van der Waals surface area contributed by atoms with Crippen LogP contribution in [-0.2, 0) is 17.5 Å². The fourth-order valence-corrected chi connectivity index (χ4v) is 3.53. The molecule has 0 bridgehead atoms. The average Bonchev–Trinajstić information content (AvgIpc) is 2.66. The molecule has 1 amide bonds. The van der Waals surface area contributed by atoms with Crippen LogP contribution < -0.4 is 15.8 Å². The van der Waals surface area contributed by atoms with Gasteiger partial charge in [0.25, 0.3) is 5.56 Å². The number of aryl methyl sites for hydroxylation is 2. The van der Waals surface area contributed by atoms with E-state index in [4.69, 9.17) is 0 Å². The fraction of sp³-hybridized carbons (Fsp3) is 0.450. The first-order valence-electron chi connectivity index (χ1n) is 9.40. The molecule has 1 aliphatic heterocycles. The molecule has 29 heavy (non-hydrogen) atoms. The molecule has 0 spiro atoms.